The molecule has 1 aromatic heterocycles. The molecule has 0 bridgehead atoms. The minimum atomic E-state index is -0.476. The standard InChI is InChI=1S/C15H15BrN2O2S/c1-9(2)18-14(10(16)7-17-18)15(19)12-8-21-13-6-4-3-5-11(13)20-12/h3-7,9,12H,8H2,1-2H3. The van der Waals surface area contributed by atoms with Crippen molar-refractivity contribution < 1.29 is 9.53 Å². The minimum Gasteiger partial charge on any atom is -0.480 e. The Morgan fingerprint density at radius 1 is 1.48 bits per heavy atom. The number of rotatable bonds is 3. The highest BCUT2D eigenvalue weighted by molar-refractivity contribution is 9.10. The number of ether oxygens (including phenoxy) is 1. The Morgan fingerprint density at radius 3 is 3.00 bits per heavy atom. The minimum absolute atomic E-state index is 0.0323. The van der Waals surface area contributed by atoms with Crippen molar-refractivity contribution in [3.05, 3.63) is 40.6 Å². The van der Waals surface area contributed by atoms with E-state index in [1.54, 1.807) is 22.6 Å². The summed E-state index contributed by atoms with van der Waals surface area (Å²) in [6.45, 7) is 4.00. The van der Waals surface area contributed by atoms with Crippen LogP contribution in [-0.4, -0.2) is 27.4 Å². The van der Waals surface area contributed by atoms with Crippen LogP contribution in [0.1, 0.15) is 30.4 Å². The van der Waals surface area contributed by atoms with Crippen molar-refractivity contribution >= 4 is 33.5 Å². The summed E-state index contributed by atoms with van der Waals surface area (Å²) in [6, 6.07) is 7.92. The second kappa shape index (κ2) is 5.85. The van der Waals surface area contributed by atoms with Crippen LogP contribution in [0.5, 0.6) is 5.75 Å². The van der Waals surface area contributed by atoms with Crippen LogP contribution in [0, 0.1) is 0 Å². The number of halogens is 1. The zero-order valence-electron chi connectivity index (χ0n) is 11.7. The van der Waals surface area contributed by atoms with Crippen molar-refractivity contribution in [3.8, 4) is 5.75 Å². The zero-order chi connectivity index (χ0) is 15.0. The number of hydrogen-bond donors (Lipinski definition) is 0. The highest BCUT2D eigenvalue weighted by atomic mass is 79.9. The van der Waals surface area contributed by atoms with Gasteiger partial charge in [0.05, 0.1) is 10.7 Å². The summed E-state index contributed by atoms with van der Waals surface area (Å²) in [6.07, 6.45) is 1.19. The fraction of sp³-hybridized carbons (Fsp3) is 0.333. The Hall–Kier alpha value is -1.27. The lowest BCUT2D eigenvalue weighted by molar-refractivity contribution is 0.0801. The van der Waals surface area contributed by atoms with Gasteiger partial charge in [-0.05, 0) is 41.9 Å². The first-order chi connectivity index (χ1) is 10.1. The number of para-hydroxylation sites is 1. The number of ketones is 1. The van der Waals surface area contributed by atoms with E-state index in [1.807, 2.05) is 38.1 Å². The molecule has 0 amide bonds. The molecule has 6 heteroatoms. The molecule has 1 aliphatic rings. The van der Waals surface area contributed by atoms with Gasteiger partial charge in [0, 0.05) is 16.7 Å². The summed E-state index contributed by atoms with van der Waals surface area (Å²) in [7, 11) is 0. The van der Waals surface area contributed by atoms with Crippen LogP contribution in [0.15, 0.2) is 39.8 Å². The molecule has 0 saturated heterocycles. The van der Waals surface area contributed by atoms with Gasteiger partial charge in [0.25, 0.3) is 0 Å². The molecule has 4 nitrogen and oxygen atoms in total. The topological polar surface area (TPSA) is 44.1 Å². The molecule has 1 aliphatic heterocycles. The monoisotopic (exact) mass is 366 g/mol. The summed E-state index contributed by atoms with van der Waals surface area (Å²) in [4.78, 5) is 13.9. The fourth-order valence-corrected chi connectivity index (χ4v) is 3.72. The number of carbonyl (C=O) groups excluding carboxylic acids is 1. The Bertz CT molecular complexity index is 684. The Balaban J connectivity index is 1.89. The molecule has 110 valence electrons. The number of thioether (sulfide) groups is 1. The Morgan fingerprint density at radius 2 is 2.24 bits per heavy atom. The van der Waals surface area contributed by atoms with E-state index in [0.717, 1.165) is 10.6 Å². The number of nitrogens with zero attached hydrogens (tertiary/aromatic N) is 2. The molecule has 1 unspecified atom stereocenters. The molecule has 0 fully saturated rings. The first kappa shape index (κ1) is 14.7. The van der Waals surface area contributed by atoms with Crippen LogP contribution < -0.4 is 4.74 Å². The summed E-state index contributed by atoms with van der Waals surface area (Å²) in [5.74, 6) is 1.36. The quantitative estimate of drug-likeness (QED) is 0.771. The number of Topliss-reactive ketones (excluding diaryl/α,β-unsaturated/α-hetero) is 1. The largest absolute Gasteiger partial charge is 0.480 e. The van der Waals surface area contributed by atoms with Gasteiger partial charge >= 0.3 is 0 Å². The number of aromatic nitrogens is 2. The fourth-order valence-electron chi connectivity index (χ4n) is 2.26. The number of carbonyl (C=O) groups is 1. The molecule has 0 aliphatic carbocycles. The van der Waals surface area contributed by atoms with Crippen molar-refractivity contribution in [2.45, 2.75) is 30.9 Å². The molecule has 21 heavy (non-hydrogen) atoms. The smallest absolute Gasteiger partial charge is 0.223 e. The molecule has 2 heterocycles. The highest BCUT2D eigenvalue weighted by Gasteiger charge is 2.31. The predicted molar refractivity (Wildman–Crippen MR) is 86.2 cm³/mol. The van der Waals surface area contributed by atoms with E-state index in [0.29, 0.717) is 15.9 Å². The third kappa shape index (κ3) is 2.74. The van der Waals surface area contributed by atoms with Crippen molar-refractivity contribution in [3.63, 3.8) is 0 Å². The molecule has 2 aromatic rings. The molecule has 0 radical (unpaired) electrons. The summed E-state index contributed by atoms with van der Waals surface area (Å²) in [5.41, 5.74) is 0.579. The van der Waals surface area contributed by atoms with Gasteiger partial charge in [-0.2, -0.15) is 5.10 Å². The second-order valence-corrected chi connectivity index (χ2v) is 7.02. The van der Waals surface area contributed by atoms with Crippen molar-refractivity contribution in [2.75, 3.05) is 5.75 Å². The van der Waals surface area contributed by atoms with Crippen molar-refractivity contribution in [2.24, 2.45) is 0 Å². The predicted octanol–water partition coefficient (Wildman–Crippen LogP) is 3.96. The van der Waals surface area contributed by atoms with Crippen LogP contribution in [0.25, 0.3) is 0 Å². The SMILES string of the molecule is CC(C)n1ncc(Br)c1C(=O)C1CSc2ccccc2O1. The third-order valence-corrected chi connectivity index (χ3v) is 4.97. The second-order valence-electron chi connectivity index (χ2n) is 5.11. The maximum absolute atomic E-state index is 12.8. The highest BCUT2D eigenvalue weighted by Crippen LogP contribution is 2.36. The molecule has 1 aromatic carbocycles. The first-order valence-corrected chi connectivity index (χ1v) is 8.51. The third-order valence-electron chi connectivity index (χ3n) is 3.27. The lowest BCUT2D eigenvalue weighted by Gasteiger charge is -2.25. The van der Waals surface area contributed by atoms with Gasteiger partial charge in [-0.3, -0.25) is 9.48 Å². The van der Waals surface area contributed by atoms with E-state index in [4.69, 9.17) is 4.74 Å². The maximum Gasteiger partial charge on any atom is 0.223 e. The lowest BCUT2D eigenvalue weighted by Crippen LogP contribution is -2.34. The van der Waals surface area contributed by atoms with Crippen LogP contribution in [0.4, 0.5) is 0 Å². The van der Waals surface area contributed by atoms with Gasteiger partial charge in [-0.15, -0.1) is 11.8 Å². The van der Waals surface area contributed by atoms with Crippen molar-refractivity contribution in [1.29, 1.82) is 0 Å². The van der Waals surface area contributed by atoms with Crippen molar-refractivity contribution in [1.82, 2.24) is 9.78 Å². The van der Waals surface area contributed by atoms with Gasteiger partial charge in [0.15, 0.2) is 6.10 Å². The number of fused-ring (bicyclic) bond motifs is 1. The summed E-state index contributed by atoms with van der Waals surface area (Å²) in [5, 5.41) is 4.26. The first-order valence-electron chi connectivity index (χ1n) is 6.73. The lowest BCUT2D eigenvalue weighted by atomic mass is 10.1. The Kier molecular flexibility index (Phi) is 4.08. The zero-order valence-corrected chi connectivity index (χ0v) is 14.1. The average molecular weight is 367 g/mol. The van der Waals surface area contributed by atoms with E-state index in [9.17, 15) is 4.79 Å². The summed E-state index contributed by atoms with van der Waals surface area (Å²) >= 11 is 5.07. The molecular formula is C15H15BrN2O2S. The molecule has 0 saturated carbocycles. The van der Waals surface area contributed by atoms with Gasteiger partial charge in [-0.25, -0.2) is 0 Å². The molecule has 3 rings (SSSR count). The molecular weight excluding hydrogens is 352 g/mol. The number of benzene rings is 1. The van der Waals surface area contributed by atoms with Gasteiger partial charge in [0.1, 0.15) is 11.4 Å². The van der Waals surface area contributed by atoms with E-state index >= 15 is 0 Å². The summed E-state index contributed by atoms with van der Waals surface area (Å²) < 4.78 is 8.33. The van der Waals surface area contributed by atoms with Gasteiger partial charge < -0.3 is 4.74 Å². The van der Waals surface area contributed by atoms with Crippen LogP contribution in [0.2, 0.25) is 0 Å². The normalized spacial score (nSPS) is 17.4. The van der Waals surface area contributed by atoms with Crippen LogP contribution >= 0.6 is 27.7 Å². The Labute approximate surface area is 136 Å². The molecule has 1 atom stereocenters. The van der Waals surface area contributed by atoms with Gasteiger partial charge in [0.2, 0.25) is 5.78 Å². The van der Waals surface area contributed by atoms with Crippen LogP contribution in [0.3, 0.4) is 0 Å². The van der Waals surface area contributed by atoms with E-state index in [1.165, 1.54) is 0 Å². The van der Waals surface area contributed by atoms with E-state index < -0.39 is 6.10 Å². The average Bonchev–Trinajstić information content (AvgIpc) is 2.88. The van der Waals surface area contributed by atoms with E-state index in [2.05, 4.69) is 21.0 Å². The number of hydrogen-bond acceptors (Lipinski definition) is 4. The van der Waals surface area contributed by atoms with E-state index in [-0.39, 0.29) is 11.8 Å². The molecule has 0 spiro atoms. The maximum atomic E-state index is 12.8. The molecule has 0 N–H and O–H groups in total. The van der Waals surface area contributed by atoms with Crippen LogP contribution in [-0.2, 0) is 0 Å². The van der Waals surface area contributed by atoms with Gasteiger partial charge in [-0.1, -0.05) is 12.1 Å².